The first-order valence-corrected chi connectivity index (χ1v) is 40.3. The normalized spacial score (nSPS) is 29.9. The van der Waals surface area contributed by atoms with Gasteiger partial charge in [-0.1, -0.05) is 0 Å². The fourth-order valence-corrected chi connectivity index (χ4v) is 55.3. The molecule has 0 N–H and O–H groups in total. The summed E-state index contributed by atoms with van der Waals surface area (Å²) in [7, 11) is 0. The zero-order valence-corrected chi connectivity index (χ0v) is 24.3. The van der Waals surface area contributed by atoms with Gasteiger partial charge in [0.25, 0.3) is 0 Å². The predicted molar refractivity (Wildman–Crippen MR) is 129 cm³/mol. The molecule has 2 aliphatic carbocycles. The molecule has 1 unspecified atom stereocenters. The number of aryl methyl sites for hydroxylation is 2. The van der Waals surface area contributed by atoms with Crippen LogP contribution in [0.25, 0.3) is 6.08 Å². The molecule has 1 aromatic rings. The molecule has 2 aliphatic rings. The summed E-state index contributed by atoms with van der Waals surface area (Å²) >= 11 is -5.69. The van der Waals surface area contributed by atoms with Gasteiger partial charge in [0, 0.05) is 0 Å². The Kier molecular flexibility index (Phi) is 2.68. The number of rotatable bonds is 2. The molecule has 157 valence electrons. The molecule has 1 heteroatoms. The van der Waals surface area contributed by atoms with E-state index in [0.717, 1.165) is 0 Å². The fraction of sp³-hybridized carbons (Fsp3) is 0.556. The van der Waals surface area contributed by atoms with Gasteiger partial charge in [-0.05, 0) is 0 Å². The SMILES string of the molecule is Cc1cc2c(cc1C)[C](C(C)(C)C)([Hf]([CH3])([CH3])([CH3])([CH3])([CH3])([CH3])([CH3])[CH]1C=CC=C1)C=C2. The van der Waals surface area contributed by atoms with Crippen LogP contribution >= 0.6 is 0 Å². The number of hydrogen-bond acceptors (Lipinski definition) is 0. The molecular weight excluding hydrogens is 503 g/mol. The molecule has 0 radical (unpaired) electrons. The van der Waals surface area contributed by atoms with E-state index >= 15 is 0 Å². The van der Waals surface area contributed by atoms with E-state index in [1.807, 2.05) is 0 Å². The average Bonchev–Trinajstić information content (AvgIpc) is 3.04. The summed E-state index contributed by atoms with van der Waals surface area (Å²) < 4.78 is 19.3. The molecule has 28 heavy (non-hydrogen) atoms. The summed E-state index contributed by atoms with van der Waals surface area (Å²) in [5, 5.41) is 0. The fourth-order valence-electron chi connectivity index (χ4n) is 8.91. The second-order valence-electron chi connectivity index (χ2n) is 21.6. The van der Waals surface area contributed by atoms with Crippen molar-refractivity contribution in [3.63, 3.8) is 0 Å². The standard InChI is InChI=1S/C15H19.C5H5.7CH3.Hf/c1-10-8-12-6-7-14(15(3,4)5)13(12)9-11(10)2;1-2-4-5-3-1;;;;;;;;/h6-9H,1-5H3;1-5H;7*1H3;. The molecule has 0 heterocycles. The molecule has 3 rings (SSSR count). The number of hydrogen-bond donors (Lipinski definition) is 0. The first kappa shape index (κ1) is 22.0. The van der Waals surface area contributed by atoms with Crippen molar-refractivity contribution in [2.45, 2.75) is 74.2 Å². The topological polar surface area (TPSA) is 0 Å². The van der Waals surface area contributed by atoms with E-state index in [9.17, 15) is 0 Å². The van der Waals surface area contributed by atoms with Gasteiger partial charge in [-0.2, -0.15) is 0 Å². The van der Waals surface area contributed by atoms with Crippen molar-refractivity contribution in [1.29, 1.82) is 0 Å². The summed E-state index contributed by atoms with van der Waals surface area (Å²) in [6.07, 6.45) is 14.5. The Balaban J connectivity index is 2.76. The Morgan fingerprint density at radius 1 is 0.786 bits per heavy atom. The van der Waals surface area contributed by atoms with Gasteiger partial charge in [-0.25, -0.2) is 0 Å². The van der Waals surface area contributed by atoms with Crippen LogP contribution in [0.15, 0.2) is 42.5 Å². The molecule has 0 aromatic heterocycles. The minimum absolute atomic E-state index is 0.0298. The average molecular weight is 548 g/mol. The van der Waals surface area contributed by atoms with E-state index in [2.05, 4.69) is 116 Å². The van der Waals surface area contributed by atoms with E-state index < -0.39 is 12.6 Å². The van der Waals surface area contributed by atoms with E-state index in [0.29, 0.717) is 3.67 Å². The molecular formula is C27H45Hf. The Hall–Kier alpha value is -0.690. The van der Waals surface area contributed by atoms with Crippen molar-refractivity contribution in [1.82, 2.24) is 0 Å². The van der Waals surface area contributed by atoms with Crippen LogP contribution in [0.4, 0.5) is 0 Å². The van der Waals surface area contributed by atoms with Gasteiger partial charge in [-0.15, -0.1) is 0 Å². The minimum atomic E-state index is -5.69. The molecule has 0 fully saturated rings. The van der Waals surface area contributed by atoms with Crippen LogP contribution in [-0.2, 0) is 15.8 Å². The van der Waals surface area contributed by atoms with Gasteiger partial charge >= 0.3 is 163 Å². The van der Waals surface area contributed by atoms with Crippen LogP contribution in [0.1, 0.15) is 43.0 Å². The van der Waals surface area contributed by atoms with E-state index in [1.165, 1.54) is 22.3 Å². The predicted octanol–water partition coefficient (Wildman–Crippen LogP) is 9.66. The zero-order valence-electron chi connectivity index (χ0n) is 20.7. The zero-order chi connectivity index (χ0) is 21.9. The first-order chi connectivity index (χ1) is 11.8. The van der Waals surface area contributed by atoms with Crippen molar-refractivity contribution in [2.75, 3.05) is 0 Å². The maximum absolute atomic E-state index is 5.69. The number of fused-ring (bicyclic) bond motifs is 1. The van der Waals surface area contributed by atoms with Crippen molar-refractivity contribution in [3.8, 4) is 0 Å². The summed E-state index contributed by atoms with van der Waals surface area (Å²) in [5.41, 5.74) is 5.74. The van der Waals surface area contributed by atoms with Crippen LogP contribution in [-0.4, -0.2) is 0 Å². The number of allylic oxidation sites excluding steroid dienone is 5. The van der Waals surface area contributed by atoms with Crippen molar-refractivity contribution in [2.24, 2.45) is 5.41 Å². The van der Waals surface area contributed by atoms with Crippen LogP contribution in [0.5, 0.6) is 0 Å². The second-order valence-corrected chi connectivity index (χ2v) is 130. The third-order valence-corrected chi connectivity index (χ3v) is 55.1. The van der Waals surface area contributed by atoms with Gasteiger partial charge in [0.05, 0.1) is 0 Å². The summed E-state index contributed by atoms with van der Waals surface area (Å²) in [6.45, 7) is 11.9. The van der Waals surface area contributed by atoms with Crippen LogP contribution < -0.4 is 0 Å². The summed E-state index contributed by atoms with van der Waals surface area (Å²) in [5.74, 6) is 0. The molecule has 0 saturated heterocycles. The molecule has 0 aliphatic heterocycles. The van der Waals surface area contributed by atoms with Crippen LogP contribution in [0.3, 0.4) is 0 Å². The second kappa shape index (κ2) is 3.41. The van der Waals surface area contributed by atoms with E-state index in [4.69, 9.17) is 0 Å². The molecule has 1 aromatic carbocycles. The third kappa shape index (κ3) is 2.16. The summed E-state index contributed by atoms with van der Waals surface area (Å²) in [4.78, 5) is 0. The van der Waals surface area contributed by atoms with Crippen molar-refractivity contribution in [3.05, 3.63) is 64.8 Å². The molecule has 0 spiro atoms. The monoisotopic (exact) mass is 549 g/mol. The Morgan fingerprint density at radius 3 is 1.71 bits per heavy atom. The molecule has 0 bridgehead atoms. The molecule has 1 atom stereocenters. The van der Waals surface area contributed by atoms with Crippen molar-refractivity contribution < 1.29 is 12.6 Å². The Morgan fingerprint density at radius 2 is 1.25 bits per heavy atom. The molecule has 0 amide bonds. The third-order valence-electron chi connectivity index (χ3n) is 10.0. The Bertz CT molecular complexity index is 1050. The quantitative estimate of drug-likeness (QED) is 0.323. The van der Waals surface area contributed by atoms with Gasteiger partial charge < -0.3 is 0 Å². The van der Waals surface area contributed by atoms with Crippen LogP contribution in [0, 0.1) is 19.3 Å². The Labute approximate surface area is 162 Å². The maximum atomic E-state index is 2.71. The van der Waals surface area contributed by atoms with E-state index in [1.54, 1.807) is 0 Å². The van der Waals surface area contributed by atoms with Gasteiger partial charge in [0.15, 0.2) is 0 Å². The van der Waals surface area contributed by atoms with Gasteiger partial charge in [0.2, 0.25) is 0 Å². The number of benzene rings is 1. The molecule has 0 saturated carbocycles. The first-order valence-electron chi connectivity index (χ1n) is 11.3. The van der Waals surface area contributed by atoms with Gasteiger partial charge in [0.1, 0.15) is 0 Å². The summed E-state index contributed by atoms with van der Waals surface area (Å²) in [6, 6.07) is 4.92. The van der Waals surface area contributed by atoms with Crippen LogP contribution in [0.2, 0.25) is 36.4 Å². The van der Waals surface area contributed by atoms with E-state index in [-0.39, 0.29) is 8.59 Å². The molecule has 0 nitrogen and oxygen atoms in total. The van der Waals surface area contributed by atoms with Gasteiger partial charge in [-0.3, -0.25) is 0 Å². The van der Waals surface area contributed by atoms with Crippen molar-refractivity contribution >= 4 is 6.08 Å².